The first-order chi connectivity index (χ1) is 17.0. The van der Waals surface area contributed by atoms with E-state index in [0.717, 1.165) is 35.2 Å². The Hall–Kier alpha value is -3.74. The smallest absolute Gasteiger partial charge is 0.244 e. The highest BCUT2D eigenvalue weighted by atomic mass is 16.2. The molecular weight excluding hydrogens is 438 g/mol. The van der Waals surface area contributed by atoms with Gasteiger partial charge >= 0.3 is 0 Å². The first kappa shape index (κ1) is 24.4. The van der Waals surface area contributed by atoms with E-state index in [9.17, 15) is 9.59 Å². The van der Waals surface area contributed by atoms with Crippen LogP contribution in [0.1, 0.15) is 44.2 Å². The molecule has 35 heavy (non-hydrogen) atoms. The summed E-state index contributed by atoms with van der Waals surface area (Å²) in [7, 11) is 0. The highest BCUT2D eigenvalue weighted by Gasteiger charge is 2.23. The SMILES string of the molecule is CC(C)CC(=O)N1CCC(NC(=O)/C=C/c2cn(Cc3ccccc3)nc2-c2cccnc2)CC1. The summed E-state index contributed by atoms with van der Waals surface area (Å²) in [5, 5.41) is 7.86. The van der Waals surface area contributed by atoms with Crippen molar-refractivity contribution in [3.05, 3.63) is 78.3 Å². The van der Waals surface area contributed by atoms with Crippen molar-refractivity contribution in [2.75, 3.05) is 13.1 Å². The first-order valence-corrected chi connectivity index (χ1v) is 12.3. The van der Waals surface area contributed by atoms with Gasteiger partial charge in [0.05, 0.1) is 6.54 Å². The standard InChI is InChI=1S/C28H33N5O2/c1-21(2)17-27(35)32-15-12-25(13-16-32)30-26(34)11-10-24-20-33(19-22-7-4-3-5-8-22)31-28(24)23-9-6-14-29-18-23/h3-11,14,18,20-21,25H,12-13,15-17,19H2,1-2H3,(H,30,34)/b11-10+. The molecule has 1 aliphatic heterocycles. The Bertz CT molecular complexity index is 1150. The number of carbonyl (C=O) groups excluding carboxylic acids is 2. The van der Waals surface area contributed by atoms with Crippen LogP contribution in [-0.4, -0.2) is 50.6 Å². The predicted octanol–water partition coefficient (Wildman–Crippen LogP) is 4.16. The molecule has 1 aromatic carbocycles. The highest BCUT2D eigenvalue weighted by Crippen LogP contribution is 2.23. The molecule has 0 unspecified atom stereocenters. The number of aromatic nitrogens is 3. The first-order valence-electron chi connectivity index (χ1n) is 12.3. The van der Waals surface area contributed by atoms with Gasteiger partial charge in [0.2, 0.25) is 11.8 Å². The molecule has 4 rings (SSSR count). The van der Waals surface area contributed by atoms with Gasteiger partial charge in [0.1, 0.15) is 5.69 Å². The summed E-state index contributed by atoms with van der Waals surface area (Å²) < 4.78 is 1.89. The molecule has 182 valence electrons. The third-order valence-corrected chi connectivity index (χ3v) is 6.10. The summed E-state index contributed by atoms with van der Waals surface area (Å²) in [6.07, 6.45) is 11.0. The van der Waals surface area contributed by atoms with Gasteiger partial charge in [-0.3, -0.25) is 19.3 Å². The number of rotatable bonds is 8. The van der Waals surface area contributed by atoms with Gasteiger partial charge in [-0.15, -0.1) is 0 Å². The zero-order valence-corrected chi connectivity index (χ0v) is 20.4. The Morgan fingerprint density at radius 1 is 1.11 bits per heavy atom. The molecule has 7 heteroatoms. The zero-order chi connectivity index (χ0) is 24.6. The van der Waals surface area contributed by atoms with Crippen molar-refractivity contribution < 1.29 is 9.59 Å². The number of hydrogen-bond donors (Lipinski definition) is 1. The van der Waals surface area contributed by atoms with Gasteiger partial charge in [-0.2, -0.15) is 5.10 Å². The van der Waals surface area contributed by atoms with Gasteiger partial charge in [-0.05, 0) is 42.5 Å². The lowest BCUT2D eigenvalue weighted by atomic mass is 10.0. The second-order valence-corrected chi connectivity index (χ2v) is 9.45. The molecule has 3 aromatic rings. The van der Waals surface area contributed by atoms with Crippen LogP contribution in [0.15, 0.2) is 67.1 Å². The fraction of sp³-hybridized carbons (Fsp3) is 0.357. The summed E-state index contributed by atoms with van der Waals surface area (Å²) >= 11 is 0. The summed E-state index contributed by atoms with van der Waals surface area (Å²) in [6.45, 7) is 6.14. The van der Waals surface area contributed by atoms with Crippen molar-refractivity contribution in [1.29, 1.82) is 0 Å². The Kier molecular flexibility index (Phi) is 8.08. The average Bonchev–Trinajstić information content (AvgIpc) is 3.26. The van der Waals surface area contributed by atoms with Gasteiger partial charge < -0.3 is 10.2 Å². The molecule has 7 nitrogen and oxygen atoms in total. The number of nitrogens with zero attached hydrogens (tertiary/aromatic N) is 4. The number of nitrogens with one attached hydrogen (secondary N) is 1. The van der Waals surface area contributed by atoms with Crippen LogP contribution in [0, 0.1) is 5.92 Å². The van der Waals surface area contributed by atoms with E-state index in [2.05, 4.69) is 36.3 Å². The average molecular weight is 472 g/mol. The molecule has 2 aromatic heterocycles. The normalized spacial score (nSPS) is 14.5. The lowest BCUT2D eigenvalue weighted by Crippen LogP contribution is -2.46. The maximum absolute atomic E-state index is 12.7. The van der Waals surface area contributed by atoms with Gasteiger partial charge in [0, 0.05) is 61.3 Å². The number of carbonyl (C=O) groups is 2. The van der Waals surface area contributed by atoms with Crippen LogP contribution >= 0.6 is 0 Å². The van der Waals surface area contributed by atoms with Crippen molar-refractivity contribution in [3.8, 4) is 11.3 Å². The second-order valence-electron chi connectivity index (χ2n) is 9.45. The van der Waals surface area contributed by atoms with Crippen LogP contribution in [0.25, 0.3) is 17.3 Å². The Labute approximate surface area is 206 Å². The molecule has 0 saturated carbocycles. The van der Waals surface area contributed by atoms with E-state index >= 15 is 0 Å². The van der Waals surface area contributed by atoms with E-state index in [1.807, 2.05) is 52.2 Å². The molecular formula is C28H33N5O2. The van der Waals surface area contributed by atoms with Crippen molar-refractivity contribution >= 4 is 17.9 Å². The Morgan fingerprint density at radius 3 is 2.57 bits per heavy atom. The van der Waals surface area contributed by atoms with E-state index in [-0.39, 0.29) is 17.9 Å². The van der Waals surface area contributed by atoms with Crippen molar-refractivity contribution in [3.63, 3.8) is 0 Å². The monoisotopic (exact) mass is 471 g/mol. The largest absolute Gasteiger partial charge is 0.350 e. The second kappa shape index (κ2) is 11.6. The lowest BCUT2D eigenvalue weighted by molar-refractivity contribution is -0.133. The van der Waals surface area contributed by atoms with E-state index in [1.54, 1.807) is 18.5 Å². The molecule has 3 heterocycles. The van der Waals surface area contributed by atoms with Gasteiger partial charge in [0.15, 0.2) is 0 Å². The maximum atomic E-state index is 12.7. The molecule has 0 radical (unpaired) electrons. The minimum absolute atomic E-state index is 0.0776. The molecule has 0 bridgehead atoms. The van der Waals surface area contributed by atoms with Crippen molar-refractivity contribution in [2.45, 2.75) is 45.7 Å². The lowest BCUT2D eigenvalue weighted by Gasteiger charge is -2.32. The molecule has 0 spiro atoms. The molecule has 1 saturated heterocycles. The van der Waals surface area contributed by atoms with E-state index in [0.29, 0.717) is 32.0 Å². The Balaban J connectivity index is 1.40. The number of benzene rings is 1. The number of amides is 2. The van der Waals surface area contributed by atoms with Crippen LogP contribution in [0.4, 0.5) is 0 Å². The minimum atomic E-state index is -0.134. The van der Waals surface area contributed by atoms with Gasteiger partial charge in [-0.1, -0.05) is 44.2 Å². The summed E-state index contributed by atoms with van der Waals surface area (Å²) in [5.74, 6) is 0.434. The third kappa shape index (κ3) is 6.88. The van der Waals surface area contributed by atoms with Gasteiger partial charge in [-0.25, -0.2) is 0 Å². The third-order valence-electron chi connectivity index (χ3n) is 6.10. The predicted molar refractivity (Wildman–Crippen MR) is 137 cm³/mol. The number of likely N-dealkylation sites (tertiary alicyclic amines) is 1. The Morgan fingerprint density at radius 2 is 1.89 bits per heavy atom. The molecule has 0 atom stereocenters. The van der Waals surface area contributed by atoms with E-state index in [4.69, 9.17) is 5.10 Å². The van der Waals surface area contributed by atoms with Crippen LogP contribution in [0.3, 0.4) is 0 Å². The van der Waals surface area contributed by atoms with Crippen molar-refractivity contribution in [2.24, 2.45) is 5.92 Å². The number of hydrogen-bond acceptors (Lipinski definition) is 4. The fourth-order valence-electron chi connectivity index (χ4n) is 4.30. The highest BCUT2D eigenvalue weighted by molar-refractivity contribution is 5.93. The summed E-state index contributed by atoms with van der Waals surface area (Å²) in [4.78, 5) is 31.1. The fourth-order valence-corrected chi connectivity index (χ4v) is 4.30. The van der Waals surface area contributed by atoms with Crippen LogP contribution in [-0.2, 0) is 16.1 Å². The zero-order valence-electron chi connectivity index (χ0n) is 20.4. The number of pyridine rings is 1. The summed E-state index contributed by atoms with van der Waals surface area (Å²) in [5.41, 5.74) is 3.70. The molecule has 1 N–H and O–H groups in total. The van der Waals surface area contributed by atoms with Gasteiger partial charge in [0.25, 0.3) is 0 Å². The minimum Gasteiger partial charge on any atom is -0.350 e. The maximum Gasteiger partial charge on any atom is 0.244 e. The quantitative estimate of drug-likeness (QED) is 0.500. The molecule has 2 amide bonds. The van der Waals surface area contributed by atoms with Crippen LogP contribution in [0.5, 0.6) is 0 Å². The summed E-state index contributed by atoms with van der Waals surface area (Å²) in [6, 6.07) is 14.1. The van der Waals surface area contributed by atoms with E-state index < -0.39 is 0 Å². The molecule has 0 aliphatic carbocycles. The molecule has 1 aliphatic rings. The van der Waals surface area contributed by atoms with Crippen LogP contribution < -0.4 is 5.32 Å². The topological polar surface area (TPSA) is 80.1 Å². The van der Waals surface area contributed by atoms with Crippen molar-refractivity contribution in [1.82, 2.24) is 25.0 Å². The van der Waals surface area contributed by atoms with Crippen LogP contribution in [0.2, 0.25) is 0 Å². The number of piperidine rings is 1. The van der Waals surface area contributed by atoms with E-state index in [1.165, 1.54) is 0 Å². The molecule has 1 fully saturated rings.